The van der Waals surface area contributed by atoms with Gasteiger partial charge in [0.25, 0.3) is 5.91 Å². The lowest BCUT2D eigenvalue weighted by Crippen LogP contribution is -2.49. The molecule has 1 aliphatic rings. The number of aryl methyl sites for hydroxylation is 2. The molecule has 0 saturated carbocycles. The van der Waals surface area contributed by atoms with E-state index in [1.165, 1.54) is 0 Å². The highest BCUT2D eigenvalue weighted by Gasteiger charge is 2.32. The smallest absolute Gasteiger partial charge is 0.271 e. The van der Waals surface area contributed by atoms with Crippen LogP contribution < -0.4 is 5.32 Å². The molecule has 0 aromatic carbocycles. The van der Waals surface area contributed by atoms with Crippen LogP contribution in [0.4, 0.5) is 0 Å². The Morgan fingerprint density at radius 2 is 2.36 bits per heavy atom. The van der Waals surface area contributed by atoms with Gasteiger partial charge >= 0.3 is 0 Å². The van der Waals surface area contributed by atoms with Crippen molar-refractivity contribution in [1.82, 2.24) is 24.3 Å². The molecule has 2 aromatic rings. The number of carbonyl (C=O) groups is 1. The number of halogens is 1. The first kappa shape index (κ1) is 15.3. The van der Waals surface area contributed by atoms with Gasteiger partial charge < -0.3 is 19.4 Å². The summed E-state index contributed by atoms with van der Waals surface area (Å²) in [5.41, 5.74) is 0.718. The molecule has 1 atom stereocenters. The summed E-state index contributed by atoms with van der Waals surface area (Å²) in [6, 6.07) is 1.85. The first-order chi connectivity index (χ1) is 10.6. The van der Waals surface area contributed by atoms with E-state index in [1.807, 2.05) is 46.5 Å². The second kappa shape index (κ2) is 6.26. The van der Waals surface area contributed by atoms with Crippen molar-refractivity contribution in [3.8, 4) is 0 Å². The van der Waals surface area contributed by atoms with Gasteiger partial charge in [-0.15, -0.1) is 0 Å². The van der Waals surface area contributed by atoms with Crippen LogP contribution in [0.15, 0.2) is 29.1 Å². The summed E-state index contributed by atoms with van der Waals surface area (Å²) >= 11 is 3.46. The minimum Gasteiger partial charge on any atom is -0.343 e. The fraction of sp³-hybridized carbons (Fsp3) is 0.467. The van der Waals surface area contributed by atoms with Crippen molar-refractivity contribution in [2.24, 2.45) is 7.05 Å². The Hall–Kier alpha value is -1.60. The van der Waals surface area contributed by atoms with Crippen LogP contribution in [0.25, 0.3) is 0 Å². The lowest BCUT2D eigenvalue weighted by molar-refractivity contribution is 0.0610. The number of nitrogens with zero attached hydrogens (tertiary/aromatic N) is 4. The Bertz CT molecular complexity index is 677. The molecule has 0 radical (unpaired) electrons. The number of hydrogen-bond acceptors (Lipinski definition) is 3. The van der Waals surface area contributed by atoms with E-state index in [9.17, 15) is 4.79 Å². The highest BCUT2D eigenvalue weighted by molar-refractivity contribution is 9.10. The molecule has 0 aliphatic carbocycles. The standard InChI is InChI=1S/C15H20BrN5O/c1-3-20-10-11(16)8-12(20)15(22)21-7-4-17-9-13(21)14-18-5-6-19(14)2/h5-6,8,10,13,17H,3-4,7,9H2,1-2H3. The van der Waals surface area contributed by atoms with E-state index in [4.69, 9.17) is 0 Å². The molecule has 0 spiro atoms. The van der Waals surface area contributed by atoms with Crippen LogP contribution in [0.2, 0.25) is 0 Å². The molecular formula is C15H20BrN5O. The van der Waals surface area contributed by atoms with Crippen molar-refractivity contribution >= 4 is 21.8 Å². The molecular weight excluding hydrogens is 346 g/mol. The van der Waals surface area contributed by atoms with E-state index in [0.29, 0.717) is 6.54 Å². The maximum Gasteiger partial charge on any atom is 0.271 e. The van der Waals surface area contributed by atoms with Gasteiger partial charge in [0.15, 0.2) is 0 Å². The van der Waals surface area contributed by atoms with Crippen LogP contribution >= 0.6 is 15.9 Å². The fourth-order valence-corrected chi connectivity index (χ4v) is 3.40. The fourth-order valence-electron chi connectivity index (χ4n) is 2.94. The van der Waals surface area contributed by atoms with Crippen LogP contribution in [0.5, 0.6) is 0 Å². The number of aromatic nitrogens is 3. The second-order valence-corrected chi connectivity index (χ2v) is 6.36. The molecule has 1 N–H and O–H groups in total. The molecule has 3 heterocycles. The van der Waals surface area contributed by atoms with E-state index in [-0.39, 0.29) is 11.9 Å². The van der Waals surface area contributed by atoms with Gasteiger partial charge in [-0.3, -0.25) is 4.79 Å². The zero-order chi connectivity index (χ0) is 15.7. The van der Waals surface area contributed by atoms with Gasteiger partial charge in [0.2, 0.25) is 0 Å². The molecule has 0 bridgehead atoms. The third-order valence-corrected chi connectivity index (χ3v) is 4.52. The lowest BCUT2D eigenvalue weighted by Gasteiger charge is -2.35. The maximum atomic E-state index is 13.0. The number of rotatable bonds is 3. The van der Waals surface area contributed by atoms with Gasteiger partial charge in [-0.1, -0.05) is 0 Å². The first-order valence-corrected chi connectivity index (χ1v) is 8.25. The number of nitrogens with one attached hydrogen (secondary N) is 1. The number of piperazine rings is 1. The van der Waals surface area contributed by atoms with E-state index in [0.717, 1.165) is 35.6 Å². The molecule has 1 aliphatic heterocycles. The average molecular weight is 366 g/mol. The van der Waals surface area contributed by atoms with E-state index in [1.54, 1.807) is 6.20 Å². The third kappa shape index (κ3) is 2.70. The predicted molar refractivity (Wildman–Crippen MR) is 87.7 cm³/mol. The Kier molecular flexibility index (Phi) is 4.35. The molecule has 118 valence electrons. The molecule has 6 nitrogen and oxygen atoms in total. The van der Waals surface area contributed by atoms with Crippen molar-refractivity contribution in [2.75, 3.05) is 19.6 Å². The quantitative estimate of drug-likeness (QED) is 0.901. The molecule has 22 heavy (non-hydrogen) atoms. The van der Waals surface area contributed by atoms with Crippen molar-refractivity contribution in [2.45, 2.75) is 19.5 Å². The Morgan fingerprint density at radius 3 is 3.05 bits per heavy atom. The highest BCUT2D eigenvalue weighted by Crippen LogP contribution is 2.24. The van der Waals surface area contributed by atoms with Crippen molar-refractivity contribution in [3.05, 3.63) is 40.6 Å². The topological polar surface area (TPSA) is 55.1 Å². The zero-order valence-corrected chi connectivity index (χ0v) is 14.4. The zero-order valence-electron chi connectivity index (χ0n) is 12.8. The summed E-state index contributed by atoms with van der Waals surface area (Å²) in [6.45, 7) is 5.02. The number of carbonyl (C=O) groups excluding carboxylic acids is 1. The molecule has 3 rings (SSSR count). The van der Waals surface area contributed by atoms with E-state index < -0.39 is 0 Å². The Labute approximate surface area is 138 Å². The van der Waals surface area contributed by atoms with Crippen molar-refractivity contribution < 1.29 is 4.79 Å². The van der Waals surface area contributed by atoms with Gasteiger partial charge in [-0.25, -0.2) is 4.98 Å². The molecule has 2 aromatic heterocycles. The second-order valence-electron chi connectivity index (χ2n) is 5.44. The minimum absolute atomic E-state index is 0.0415. The van der Waals surface area contributed by atoms with E-state index in [2.05, 4.69) is 26.2 Å². The van der Waals surface area contributed by atoms with Gasteiger partial charge in [-0.2, -0.15) is 0 Å². The Morgan fingerprint density at radius 1 is 1.55 bits per heavy atom. The van der Waals surface area contributed by atoms with Crippen LogP contribution in [-0.4, -0.2) is 44.6 Å². The molecule has 1 unspecified atom stereocenters. The summed E-state index contributed by atoms with van der Waals surface area (Å²) in [5, 5.41) is 3.36. The van der Waals surface area contributed by atoms with Gasteiger partial charge in [0.05, 0.1) is 0 Å². The lowest BCUT2D eigenvalue weighted by atomic mass is 10.1. The van der Waals surface area contributed by atoms with Gasteiger partial charge in [-0.05, 0) is 28.9 Å². The van der Waals surface area contributed by atoms with Crippen molar-refractivity contribution in [1.29, 1.82) is 0 Å². The molecule has 1 fully saturated rings. The maximum absolute atomic E-state index is 13.0. The average Bonchev–Trinajstić information content (AvgIpc) is 3.12. The largest absolute Gasteiger partial charge is 0.343 e. The minimum atomic E-state index is -0.0415. The van der Waals surface area contributed by atoms with Gasteiger partial charge in [0.1, 0.15) is 17.6 Å². The van der Waals surface area contributed by atoms with Gasteiger partial charge in [0, 0.05) is 56.3 Å². The van der Waals surface area contributed by atoms with Crippen LogP contribution in [0, 0.1) is 0 Å². The predicted octanol–water partition coefficient (Wildman–Crippen LogP) is 1.79. The number of amides is 1. The summed E-state index contributed by atoms with van der Waals surface area (Å²) in [5.74, 6) is 0.969. The Balaban J connectivity index is 1.93. The summed E-state index contributed by atoms with van der Waals surface area (Å²) in [4.78, 5) is 19.4. The first-order valence-electron chi connectivity index (χ1n) is 7.46. The molecule has 1 saturated heterocycles. The van der Waals surface area contributed by atoms with Crippen LogP contribution in [0.3, 0.4) is 0 Å². The third-order valence-electron chi connectivity index (χ3n) is 4.08. The van der Waals surface area contributed by atoms with Crippen LogP contribution in [0.1, 0.15) is 29.3 Å². The normalized spacial score (nSPS) is 18.7. The van der Waals surface area contributed by atoms with Crippen LogP contribution in [-0.2, 0) is 13.6 Å². The molecule has 7 heteroatoms. The molecule has 1 amide bonds. The number of hydrogen-bond donors (Lipinski definition) is 1. The monoisotopic (exact) mass is 365 g/mol. The highest BCUT2D eigenvalue weighted by atomic mass is 79.9. The SMILES string of the molecule is CCn1cc(Br)cc1C(=O)N1CCNCC1c1nccn1C. The summed E-state index contributed by atoms with van der Waals surface area (Å²) in [7, 11) is 1.96. The summed E-state index contributed by atoms with van der Waals surface area (Å²) < 4.78 is 4.89. The van der Waals surface area contributed by atoms with E-state index >= 15 is 0 Å². The summed E-state index contributed by atoms with van der Waals surface area (Å²) in [6.07, 6.45) is 5.64. The number of imidazole rings is 1. The van der Waals surface area contributed by atoms with Crippen molar-refractivity contribution in [3.63, 3.8) is 0 Å².